The Labute approximate surface area is 152 Å². The summed E-state index contributed by atoms with van der Waals surface area (Å²) in [5, 5.41) is 2.86. The van der Waals surface area contributed by atoms with E-state index in [0.29, 0.717) is 18.1 Å². The van der Waals surface area contributed by atoms with Gasteiger partial charge in [0, 0.05) is 37.2 Å². The summed E-state index contributed by atoms with van der Waals surface area (Å²) in [7, 11) is 3.49. The molecule has 0 aliphatic carbocycles. The van der Waals surface area contributed by atoms with Crippen molar-refractivity contribution >= 4 is 17.5 Å². The zero-order valence-corrected chi connectivity index (χ0v) is 14.7. The van der Waals surface area contributed by atoms with Gasteiger partial charge < -0.3 is 15.0 Å². The van der Waals surface area contributed by atoms with Crippen molar-refractivity contribution in [2.45, 2.75) is 6.54 Å². The first kappa shape index (κ1) is 17.4. The molecule has 3 rings (SSSR count). The minimum absolute atomic E-state index is 0.232. The molecule has 132 valence electrons. The van der Waals surface area contributed by atoms with Crippen LogP contribution in [0.25, 0.3) is 0 Å². The molecular formula is C20H20N4O2. The molecule has 0 bridgehead atoms. The van der Waals surface area contributed by atoms with Crippen LogP contribution in [-0.4, -0.2) is 30.0 Å². The molecule has 1 aromatic heterocycles. The normalized spacial score (nSPS) is 10.2. The van der Waals surface area contributed by atoms with E-state index in [-0.39, 0.29) is 5.91 Å². The van der Waals surface area contributed by atoms with Gasteiger partial charge in [-0.05, 0) is 18.2 Å². The van der Waals surface area contributed by atoms with Gasteiger partial charge in [0.15, 0.2) is 0 Å². The second-order valence-electron chi connectivity index (χ2n) is 5.66. The second kappa shape index (κ2) is 8.11. The first-order valence-electron chi connectivity index (χ1n) is 8.20. The lowest BCUT2D eigenvalue weighted by Gasteiger charge is -2.16. The van der Waals surface area contributed by atoms with Crippen molar-refractivity contribution in [2.24, 2.45) is 0 Å². The van der Waals surface area contributed by atoms with Gasteiger partial charge in [-0.1, -0.05) is 36.4 Å². The number of ether oxygens (including phenoxy) is 1. The van der Waals surface area contributed by atoms with Gasteiger partial charge in [-0.15, -0.1) is 0 Å². The van der Waals surface area contributed by atoms with E-state index in [4.69, 9.17) is 4.74 Å². The standard InChI is InChI=1S/C20H20N4O2/c1-24(17-9-4-3-5-10-17)20-22-13-16(14-23-20)19(25)21-12-15-8-6-7-11-18(15)26-2/h3-11,13-14H,12H2,1-2H3,(H,21,25). The van der Waals surface area contributed by atoms with E-state index < -0.39 is 0 Å². The number of benzene rings is 2. The molecule has 0 fully saturated rings. The van der Waals surface area contributed by atoms with Crippen LogP contribution in [-0.2, 0) is 6.54 Å². The zero-order chi connectivity index (χ0) is 18.4. The molecule has 1 N–H and O–H groups in total. The summed E-state index contributed by atoms with van der Waals surface area (Å²) < 4.78 is 5.29. The number of rotatable bonds is 6. The number of carbonyl (C=O) groups excluding carboxylic acids is 1. The number of nitrogens with zero attached hydrogens (tertiary/aromatic N) is 3. The molecule has 3 aromatic rings. The Kier molecular flexibility index (Phi) is 5.43. The number of carbonyl (C=O) groups is 1. The van der Waals surface area contributed by atoms with Gasteiger partial charge in [0.05, 0.1) is 12.7 Å². The lowest BCUT2D eigenvalue weighted by Crippen LogP contribution is -2.24. The number of aromatic nitrogens is 2. The molecule has 6 nitrogen and oxygen atoms in total. The molecule has 0 aliphatic rings. The molecule has 0 saturated heterocycles. The average Bonchev–Trinajstić information content (AvgIpc) is 2.72. The number of methoxy groups -OCH3 is 1. The van der Waals surface area contributed by atoms with Crippen LogP contribution >= 0.6 is 0 Å². The highest BCUT2D eigenvalue weighted by Gasteiger charge is 2.11. The molecule has 0 unspecified atom stereocenters. The summed E-state index contributed by atoms with van der Waals surface area (Å²) in [6, 6.07) is 17.4. The van der Waals surface area contributed by atoms with Crippen molar-refractivity contribution in [2.75, 3.05) is 19.1 Å². The Hall–Kier alpha value is -3.41. The van der Waals surface area contributed by atoms with Crippen molar-refractivity contribution in [3.63, 3.8) is 0 Å². The van der Waals surface area contributed by atoms with Gasteiger partial charge in [-0.2, -0.15) is 0 Å². The van der Waals surface area contributed by atoms with Gasteiger partial charge in [0.25, 0.3) is 5.91 Å². The second-order valence-corrected chi connectivity index (χ2v) is 5.66. The minimum atomic E-state index is -0.232. The van der Waals surface area contributed by atoms with Gasteiger partial charge in [0.1, 0.15) is 5.75 Å². The van der Waals surface area contributed by atoms with Crippen molar-refractivity contribution in [3.05, 3.63) is 78.1 Å². The maximum absolute atomic E-state index is 12.3. The third-order valence-corrected chi connectivity index (χ3v) is 3.98. The largest absolute Gasteiger partial charge is 0.496 e. The molecule has 2 aromatic carbocycles. The summed E-state index contributed by atoms with van der Waals surface area (Å²) in [6.07, 6.45) is 3.05. The number of nitrogens with one attached hydrogen (secondary N) is 1. The van der Waals surface area contributed by atoms with E-state index in [1.165, 1.54) is 12.4 Å². The Morgan fingerprint density at radius 2 is 1.69 bits per heavy atom. The van der Waals surface area contributed by atoms with Gasteiger partial charge in [0.2, 0.25) is 5.95 Å². The first-order valence-corrected chi connectivity index (χ1v) is 8.20. The van der Waals surface area contributed by atoms with Crippen LogP contribution in [0.4, 0.5) is 11.6 Å². The summed E-state index contributed by atoms with van der Waals surface area (Å²) in [6.45, 7) is 0.370. The topological polar surface area (TPSA) is 67.3 Å². The van der Waals surface area contributed by atoms with E-state index in [0.717, 1.165) is 17.0 Å². The molecule has 0 saturated carbocycles. The highest BCUT2D eigenvalue weighted by atomic mass is 16.5. The van der Waals surface area contributed by atoms with E-state index in [1.54, 1.807) is 7.11 Å². The van der Waals surface area contributed by atoms with E-state index in [9.17, 15) is 4.79 Å². The molecular weight excluding hydrogens is 328 g/mol. The summed E-state index contributed by atoms with van der Waals surface area (Å²) in [5.74, 6) is 1.03. The summed E-state index contributed by atoms with van der Waals surface area (Å²) >= 11 is 0. The van der Waals surface area contributed by atoms with Crippen LogP contribution < -0.4 is 15.0 Å². The van der Waals surface area contributed by atoms with Crippen molar-refractivity contribution in [1.29, 1.82) is 0 Å². The lowest BCUT2D eigenvalue weighted by molar-refractivity contribution is 0.0950. The van der Waals surface area contributed by atoms with Crippen molar-refractivity contribution in [3.8, 4) is 5.75 Å². The Morgan fingerprint density at radius 3 is 2.38 bits per heavy atom. The fourth-order valence-corrected chi connectivity index (χ4v) is 2.51. The fraction of sp³-hybridized carbons (Fsp3) is 0.150. The van der Waals surface area contributed by atoms with Crippen LogP contribution in [0.1, 0.15) is 15.9 Å². The van der Waals surface area contributed by atoms with E-state index in [2.05, 4.69) is 15.3 Å². The monoisotopic (exact) mass is 348 g/mol. The number of hydrogen-bond donors (Lipinski definition) is 1. The first-order chi connectivity index (χ1) is 12.7. The summed E-state index contributed by atoms with van der Waals surface area (Å²) in [4.78, 5) is 22.8. The number of amides is 1. The smallest absolute Gasteiger partial charge is 0.254 e. The molecule has 0 aliphatic heterocycles. The Bertz CT molecular complexity index is 866. The van der Waals surface area contributed by atoms with E-state index in [1.807, 2.05) is 66.5 Å². The van der Waals surface area contributed by atoms with Crippen LogP contribution in [0.3, 0.4) is 0 Å². The van der Waals surface area contributed by atoms with Crippen LogP contribution in [0.5, 0.6) is 5.75 Å². The predicted octanol–water partition coefficient (Wildman–Crippen LogP) is 3.18. The molecule has 0 atom stereocenters. The third-order valence-electron chi connectivity index (χ3n) is 3.98. The lowest BCUT2D eigenvalue weighted by atomic mass is 10.2. The number of anilines is 2. The summed E-state index contributed by atoms with van der Waals surface area (Å²) in [5.41, 5.74) is 2.29. The Balaban J connectivity index is 1.65. The highest BCUT2D eigenvalue weighted by molar-refractivity contribution is 5.93. The van der Waals surface area contributed by atoms with Gasteiger partial charge >= 0.3 is 0 Å². The molecule has 26 heavy (non-hydrogen) atoms. The van der Waals surface area contributed by atoms with Gasteiger partial charge in [-0.3, -0.25) is 4.79 Å². The van der Waals surface area contributed by atoms with Crippen LogP contribution in [0.2, 0.25) is 0 Å². The Morgan fingerprint density at radius 1 is 1.04 bits per heavy atom. The maximum atomic E-state index is 12.3. The quantitative estimate of drug-likeness (QED) is 0.741. The third kappa shape index (κ3) is 3.97. The predicted molar refractivity (Wildman–Crippen MR) is 101 cm³/mol. The SMILES string of the molecule is COc1ccccc1CNC(=O)c1cnc(N(C)c2ccccc2)nc1. The molecule has 6 heteroatoms. The minimum Gasteiger partial charge on any atom is -0.496 e. The van der Waals surface area contributed by atoms with E-state index >= 15 is 0 Å². The zero-order valence-electron chi connectivity index (χ0n) is 14.7. The molecule has 1 heterocycles. The highest BCUT2D eigenvalue weighted by Crippen LogP contribution is 2.19. The van der Waals surface area contributed by atoms with Crippen LogP contribution in [0, 0.1) is 0 Å². The van der Waals surface area contributed by atoms with Crippen LogP contribution in [0.15, 0.2) is 67.0 Å². The molecule has 0 radical (unpaired) electrons. The number of para-hydroxylation sites is 2. The molecule has 1 amide bonds. The average molecular weight is 348 g/mol. The van der Waals surface area contributed by atoms with Crippen molar-refractivity contribution < 1.29 is 9.53 Å². The van der Waals surface area contributed by atoms with Crippen molar-refractivity contribution in [1.82, 2.24) is 15.3 Å². The fourth-order valence-electron chi connectivity index (χ4n) is 2.51. The molecule has 0 spiro atoms. The van der Waals surface area contributed by atoms with Gasteiger partial charge in [-0.25, -0.2) is 9.97 Å². The maximum Gasteiger partial charge on any atom is 0.254 e. The number of hydrogen-bond acceptors (Lipinski definition) is 5.